The number of halogens is 2. The zero-order chi connectivity index (χ0) is 20.3. The van der Waals surface area contributed by atoms with Gasteiger partial charge in [-0.2, -0.15) is 0 Å². The molecule has 1 fully saturated rings. The fourth-order valence-electron chi connectivity index (χ4n) is 2.58. The molecular formula is C19H14BrClN2O5. The van der Waals surface area contributed by atoms with Crippen LogP contribution in [0.5, 0.6) is 5.75 Å². The Kier molecular flexibility index (Phi) is 6.01. The van der Waals surface area contributed by atoms with E-state index in [9.17, 15) is 14.4 Å². The van der Waals surface area contributed by atoms with E-state index in [1.165, 1.54) is 12.1 Å². The summed E-state index contributed by atoms with van der Waals surface area (Å²) in [5.41, 5.74) is 1.48. The van der Waals surface area contributed by atoms with Crippen LogP contribution in [-0.2, 0) is 16.1 Å². The topological polar surface area (TPSA) is 95.9 Å². The number of nitrogens with one attached hydrogen (secondary N) is 1. The Labute approximate surface area is 173 Å². The molecule has 0 atom stereocenters. The molecule has 1 aliphatic rings. The first-order valence-corrected chi connectivity index (χ1v) is 9.24. The zero-order valence-corrected chi connectivity index (χ0v) is 16.7. The highest BCUT2D eigenvalue weighted by Gasteiger charge is 2.33. The lowest BCUT2D eigenvalue weighted by molar-refractivity contribution is -0.139. The molecule has 0 aliphatic carbocycles. The predicted octanol–water partition coefficient (Wildman–Crippen LogP) is 3.66. The van der Waals surface area contributed by atoms with E-state index >= 15 is 0 Å². The first-order chi connectivity index (χ1) is 13.3. The molecule has 0 bridgehead atoms. The quantitative estimate of drug-likeness (QED) is 0.501. The second-order valence-electron chi connectivity index (χ2n) is 5.86. The molecule has 9 heteroatoms. The number of carboxylic acids is 1. The van der Waals surface area contributed by atoms with Crippen LogP contribution in [0.2, 0.25) is 5.02 Å². The number of hydrogen-bond acceptors (Lipinski definition) is 4. The number of hydrogen-bond donors (Lipinski definition) is 2. The molecule has 3 amide bonds. The number of imide groups is 1. The highest BCUT2D eigenvalue weighted by atomic mass is 79.9. The molecule has 0 unspecified atom stereocenters. The van der Waals surface area contributed by atoms with Gasteiger partial charge in [0.25, 0.3) is 5.91 Å². The number of urea groups is 1. The van der Waals surface area contributed by atoms with E-state index in [4.69, 9.17) is 21.4 Å². The fraction of sp³-hybridized carbons (Fsp3) is 0.105. The minimum atomic E-state index is -1.13. The molecule has 1 heterocycles. The highest BCUT2D eigenvalue weighted by molar-refractivity contribution is 9.10. The van der Waals surface area contributed by atoms with Crippen molar-refractivity contribution in [3.8, 4) is 5.75 Å². The van der Waals surface area contributed by atoms with Gasteiger partial charge in [-0.25, -0.2) is 9.59 Å². The summed E-state index contributed by atoms with van der Waals surface area (Å²) >= 11 is 9.41. The molecule has 1 saturated heterocycles. The second kappa shape index (κ2) is 8.45. The second-order valence-corrected chi connectivity index (χ2v) is 7.12. The number of amides is 3. The van der Waals surface area contributed by atoms with Gasteiger partial charge in [-0.1, -0.05) is 41.9 Å². The Balaban J connectivity index is 1.81. The Morgan fingerprint density at radius 3 is 2.61 bits per heavy atom. The number of aliphatic carboxylic acids is 1. The van der Waals surface area contributed by atoms with Crippen molar-refractivity contribution < 1.29 is 24.2 Å². The summed E-state index contributed by atoms with van der Waals surface area (Å²) in [5.74, 6) is -1.40. The molecule has 2 aromatic rings. The first-order valence-electron chi connectivity index (χ1n) is 8.07. The van der Waals surface area contributed by atoms with Gasteiger partial charge in [0, 0.05) is 0 Å². The van der Waals surface area contributed by atoms with Gasteiger partial charge in [-0.3, -0.25) is 9.69 Å². The average Bonchev–Trinajstić information content (AvgIpc) is 2.89. The summed E-state index contributed by atoms with van der Waals surface area (Å²) in [4.78, 5) is 36.5. The van der Waals surface area contributed by atoms with E-state index < -0.39 is 24.5 Å². The molecule has 144 valence electrons. The Morgan fingerprint density at radius 2 is 1.96 bits per heavy atom. The van der Waals surface area contributed by atoms with Gasteiger partial charge in [0.1, 0.15) is 5.70 Å². The predicted molar refractivity (Wildman–Crippen MR) is 106 cm³/mol. The van der Waals surface area contributed by atoms with Gasteiger partial charge in [-0.05, 0) is 45.3 Å². The molecule has 28 heavy (non-hydrogen) atoms. The third kappa shape index (κ3) is 4.52. The van der Waals surface area contributed by atoms with E-state index in [0.717, 1.165) is 10.5 Å². The lowest BCUT2D eigenvalue weighted by atomic mass is 10.1. The number of carbonyl (C=O) groups is 3. The van der Waals surface area contributed by atoms with Crippen LogP contribution >= 0.6 is 27.5 Å². The summed E-state index contributed by atoms with van der Waals surface area (Å²) in [5, 5.41) is 11.4. The van der Waals surface area contributed by atoms with Crippen molar-refractivity contribution in [2.45, 2.75) is 6.54 Å². The summed E-state index contributed by atoms with van der Waals surface area (Å²) < 4.78 is 5.55. The maximum atomic E-state index is 12.6. The lowest BCUT2D eigenvalue weighted by Crippen LogP contribution is -2.30. The van der Waals surface area contributed by atoms with E-state index in [1.807, 2.05) is 30.3 Å². The maximum Gasteiger partial charge on any atom is 0.341 e. The van der Waals surface area contributed by atoms with Crippen LogP contribution in [0, 0.1) is 0 Å². The van der Waals surface area contributed by atoms with Gasteiger partial charge in [-0.15, -0.1) is 0 Å². The van der Waals surface area contributed by atoms with Gasteiger partial charge in [0.15, 0.2) is 12.4 Å². The molecule has 2 N–H and O–H groups in total. The summed E-state index contributed by atoms with van der Waals surface area (Å²) in [6.45, 7) is -0.378. The van der Waals surface area contributed by atoms with Crippen molar-refractivity contribution in [2.75, 3.05) is 6.61 Å². The van der Waals surface area contributed by atoms with Crippen LogP contribution in [0.4, 0.5) is 4.79 Å². The van der Waals surface area contributed by atoms with E-state index in [2.05, 4.69) is 21.2 Å². The molecule has 2 aromatic carbocycles. The van der Waals surface area contributed by atoms with Crippen molar-refractivity contribution >= 4 is 51.5 Å². The SMILES string of the molecule is O=C(O)COc1c(Cl)cc(/C=C2/NC(=O)N(Cc3ccccc3)C2=O)cc1Br. The Bertz CT molecular complexity index is 955. The number of ether oxygens (including phenoxy) is 1. The molecular weight excluding hydrogens is 452 g/mol. The van der Waals surface area contributed by atoms with E-state index in [1.54, 1.807) is 6.07 Å². The van der Waals surface area contributed by atoms with Crippen molar-refractivity contribution in [1.82, 2.24) is 10.2 Å². The fourth-order valence-corrected chi connectivity index (χ4v) is 3.57. The highest BCUT2D eigenvalue weighted by Crippen LogP contribution is 2.35. The Morgan fingerprint density at radius 1 is 1.25 bits per heavy atom. The number of nitrogens with zero attached hydrogens (tertiary/aromatic N) is 1. The van der Waals surface area contributed by atoms with Crippen LogP contribution in [0.1, 0.15) is 11.1 Å². The van der Waals surface area contributed by atoms with Crippen molar-refractivity contribution in [3.05, 3.63) is 68.8 Å². The number of rotatable bonds is 6. The maximum absolute atomic E-state index is 12.6. The summed E-state index contributed by atoms with van der Waals surface area (Å²) in [7, 11) is 0. The third-order valence-electron chi connectivity index (χ3n) is 3.82. The number of carbonyl (C=O) groups excluding carboxylic acids is 2. The number of carboxylic acid groups (broad SMARTS) is 1. The molecule has 3 rings (SSSR count). The smallest absolute Gasteiger partial charge is 0.341 e. The van der Waals surface area contributed by atoms with Crippen LogP contribution in [-0.4, -0.2) is 34.5 Å². The molecule has 0 radical (unpaired) electrons. The van der Waals surface area contributed by atoms with E-state index in [-0.39, 0.29) is 23.0 Å². The van der Waals surface area contributed by atoms with Crippen LogP contribution in [0.15, 0.2) is 52.6 Å². The summed E-state index contributed by atoms with van der Waals surface area (Å²) in [6.07, 6.45) is 1.49. The number of benzene rings is 2. The van der Waals surface area contributed by atoms with Gasteiger partial charge in [0.2, 0.25) is 0 Å². The van der Waals surface area contributed by atoms with Crippen LogP contribution < -0.4 is 10.1 Å². The first kappa shape index (κ1) is 19.9. The normalized spacial score (nSPS) is 15.1. The minimum absolute atomic E-state index is 0.114. The largest absolute Gasteiger partial charge is 0.479 e. The monoisotopic (exact) mass is 464 g/mol. The van der Waals surface area contributed by atoms with Crippen molar-refractivity contribution in [3.63, 3.8) is 0 Å². The van der Waals surface area contributed by atoms with E-state index in [0.29, 0.717) is 10.0 Å². The Hall–Kier alpha value is -2.84. The minimum Gasteiger partial charge on any atom is -0.479 e. The molecule has 1 aliphatic heterocycles. The average molecular weight is 466 g/mol. The van der Waals surface area contributed by atoms with Crippen LogP contribution in [0.3, 0.4) is 0 Å². The van der Waals surface area contributed by atoms with Crippen LogP contribution in [0.25, 0.3) is 6.08 Å². The van der Waals surface area contributed by atoms with Crippen molar-refractivity contribution in [1.29, 1.82) is 0 Å². The van der Waals surface area contributed by atoms with Gasteiger partial charge < -0.3 is 15.2 Å². The third-order valence-corrected chi connectivity index (χ3v) is 4.69. The molecule has 0 aromatic heterocycles. The van der Waals surface area contributed by atoms with Crippen molar-refractivity contribution in [2.24, 2.45) is 0 Å². The lowest BCUT2D eigenvalue weighted by Gasteiger charge is -2.11. The molecule has 0 spiro atoms. The standard InChI is InChI=1S/C19H14BrClN2O5/c20-13-6-12(7-14(21)17(13)28-10-16(24)25)8-15-18(26)23(19(27)22-15)9-11-4-2-1-3-5-11/h1-8H,9-10H2,(H,22,27)(H,24,25)/b15-8+. The molecule has 7 nitrogen and oxygen atoms in total. The zero-order valence-electron chi connectivity index (χ0n) is 14.3. The van der Waals surface area contributed by atoms with Gasteiger partial charge in [0.05, 0.1) is 16.0 Å². The summed E-state index contributed by atoms with van der Waals surface area (Å²) in [6, 6.07) is 11.8. The van der Waals surface area contributed by atoms with Gasteiger partial charge >= 0.3 is 12.0 Å². The molecule has 0 saturated carbocycles.